The van der Waals surface area contributed by atoms with Crippen LogP contribution in [0.2, 0.25) is 0 Å². The van der Waals surface area contributed by atoms with Gasteiger partial charge in [-0.2, -0.15) is 0 Å². The number of nitrogens with one attached hydrogen (secondary N) is 2. The SMILES string of the molecule is COc1ccc([C@H](C)NC(=O)COc2ccc(S(=O)(=O)NC(C)C)cc2C)cc1. The summed E-state index contributed by atoms with van der Waals surface area (Å²) < 4.78 is 37.7. The zero-order valence-corrected chi connectivity index (χ0v) is 18.2. The van der Waals surface area contributed by atoms with Crippen molar-refractivity contribution in [3.63, 3.8) is 0 Å². The lowest BCUT2D eigenvalue weighted by molar-refractivity contribution is -0.123. The van der Waals surface area contributed by atoms with Gasteiger partial charge in [-0.3, -0.25) is 4.79 Å². The predicted molar refractivity (Wildman–Crippen MR) is 112 cm³/mol. The molecule has 0 aliphatic carbocycles. The van der Waals surface area contributed by atoms with Crippen LogP contribution < -0.4 is 19.5 Å². The molecule has 0 aliphatic rings. The van der Waals surface area contributed by atoms with Crippen molar-refractivity contribution in [2.45, 2.75) is 44.7 Å². The topological polar surface area (TPSA) is 93.7 Å². The van der Waals surface area contributed by atoms with E-state index in [0.29, 0.717) is 11.3 Å². The second kappa shape index (κ2) is 9.76. The van der Waals surface area contributed by atoms with Crippen LogP contribution in [-0.4, -0.2) is 34.1 Å². The standard InChI is InChI=1S/C21H28N2O5S/c1-14(2)23-29(25,26)19-10-11-20(15(3)12-19)28-13-21(24)22-16(4)17-6-8-18(27-5)9-7-17/h6-12,14,16,23H,13H2,1-5H3,(H,22,24)/t16-/m0/s1. The molecule has 2 aromatic carbocycles. The maximum absolute atomic E-state index is 12.2. The summed E-state index contributed by atoms with van der Waals surface area (Å²) in [4.78, 5) is 12.4. The molecule has 0 saturated carbocycles. The highest BCUT2D eigenvalue weighted by Gasteiger charge is 2.17. The summed E-state index contributed by atoms with van der Waals surface area (Å²) in [6.07, 6.45) is 0. The number of carbonyl (C=O) groups excluding carboxylic acids is 1. The molecule has 0 aromatic heterocycles. The molecule has 0 heterocycles. The highest BCUT2D eigenvalue weighted by atomic mass is 32.2. The third kappa shape index (κ3) is 6.47. The minimum Gasteiger partial charge on any atom is -0.497 e. The van der Waals surface area contributed by atoms with Crippen LogP contribution in [-0.2, 0) is 14.8 Å². The number of carbonyl (C=O) groups is 1. The summed E-state index contributed by atoms with van der Waals surface area (Å²) in [6.45, 7) is 6.96. The van der Waals surface area contributed by atoms with Crippen LogP contribution in [0.15, 0.2) is 47.4 Å². The third-order valence-electron chi connectivity index (χ3n) is 4.20. The van der Waals surface area contributed by atoms with Gasteiger partial charge in [0, 0.05) is 6.04 Å². The number of amides is 1. The van der Waals surface area contributed by atoms with Crippen molar-refractivity contribution in [2.75, 3.05) is 13.7 Å². The average Bonchev–Trinajstić information content (AvgIpc) is 2.66. The minimum atomic E-state index is -3.58. The van der Waals surface area contributed by atoms with E-state index < -0.39 is 10.0 Å². The molecular formula is C21H28N2O5S. The third-order valence-corrected chi connectivity index (χ3v) is 5.86. The Morgan fingerprint density at radius 1 is 1.07 bits per heavy atom. The van der Waals surface area contributed by atoms with Crippen LogP contribution in [0.4, 0.5) is 0 Å². The Morgan fingerprint density at radius 3 is 2.28 bits per heavy atom. The van der Waals surface area contributed by atoms with Crippen molar-refractivity contribution >= 4 is 15.9 Å². The van der Waals surface area contributed by atoms with E-state index >= 15 is 0 Å². The Kier molecular flexibility index (Phi) is 7.64. The van der Waals surface area contributed by atoms with Gasteiger partial charge >= 0.3 is 0 Å². The van der Waals surface area contributed by atoms with E-state index in [1.54, 1.807) is 33.9 Å². The van der Waals surface area contributed by atoms with Crippen molar-refractivity contribution in [3.05, 3.63) is 53.6 Å². The van der Waals surface area contributed by atoms with Crippen LogP contribution in [0.3, 0.4) is 0 Å². The molecule has 2 rings (SSSR count). The molecule has 8 heteroatoms. The molecule has 0 spiro atoms. The monoisotopic (exact) mass is 420 g/mol. The molecule has 1 amide bonds. The van der Waals surface area contributed by atoms with Crippen LogP contribution in [0.25, 0.3) is 0 Å². The van der Waals surface area contributed by atoms with Crippen LogP contribution in [0, 0.1) is 6.92 Å². The Hall–Kier alpha value is -2.58. The predicted octanol–water partition coefficient (Wildman–Crippen LogP) is 2.95. The van der Waals surface area contributed by atoms with Gasteiger partial charge in [0.2, 0.25) is 10.0 Å². The van der Waals surface area contributed by atoms with Gasteiger partial charge in [-0.25, -0.2) is 13.1 Å². The van der Waals surface area contributed by atoms with Gasteiger partial charge < -0.3 is 14.8 Å². The number of rotatable bonds is 9. The smallest absolute Gasteiger partial charge is 0.258 e. The molecule has 0 saturated heterocycles. The summed E-state index contributed by atoms with van der Waals surface area (Å²) in [5.41, 5.74) is 1.58. The molecule has 2 aromatic rings. The van der Waals surface area contributed by atoms with E-state index in [0.717, 1.165) is 11.3 Å². The van der Waals surface area contributed by atoms with Crippen molar-refractivity contribution in [1.82, 2.24) is 10.0 Å². The first-order chi connectivity index (χ1) is 13.6. The number of sulfonamides is 1. The molecule has 7 nitrogen and oxygen atoms in total. The molecule has 2 N–H and O–H groups in total. The van der Waals surface area contributed by atoms with Gasteiger partial charge in [0.15, 0.2) is 6.61 Å². The van der Waals surface area contributed by atoms with Gasteiger partial charge in [-0.15, -0.1) is 0 Å². The summed E-state index contributed by atoms with van der Waals surface area (Å²) in [6, 6.07) is 11.6. The van der Waals surface area contributed by atoms with E-state index in [9.17, 15) is 13.2 Å². The van der Waals surface area contributed by atoms with Crippen molar-refractivity contribution in [2.24, 2.45) is 0 Å². The maximum atomic E-state index is 12.2. The van der Waals surface area contributed by atoms with Crippen molar-refractivity contribution < 1.29 is 22.7 Å². The van der Waals surface area contributed by atoms with E-state index in [4.69, 9.17) is 9.47 Å². The quantitative estimate of drug-likeness (QED) is 0.651. The van der Waals surface area contributed by atoms with Gasteiger partial charge in [-0.05, 0) is 69.2 Å². The molecule has 29 heavy (non-hydrogen) atoms. The van der Waals surface area contributed by atoms with E-state index in [2.05, 4.69) is 10.0 Å². The second-order valence-electron chi connectivity index (χ2n) is 7.05. The largest absolute Gasteiger partial charge is 0.497 e. The minimum absolute atomic E-state index is 0.161. The molecule has 0 radical (unpaired) electrons. The van der Waals surface area contributed by atoms with Gasteiger partial charge in [-0.1, -0.05) is 12.1 Å². The summed E-state index contributed by atoms with van der Waals surface area (Å²) in [5, 5.41) is 2.87. The summed E-state index contributed by atoms with van der Waals surface area (Å²) in [7, 11) is -1.98. The highest BCUT2D eigenvalue weighted by Crippen LogP contribution is 2.22. The lowest BCUT2D eigenvalue weighted by Crippen LogP contribution is -2.31. The van der Waals surface area contributed by atoms with E-state index in [1.165, 1.54) is 12.1 Å². The zero-order chi connectivity index (χ0) is 21.6. The molecule has 0 bridgehead atoms. The molecule has 0 aliphatic heterocycles. The van der Waals surface area contributed by atoms with Crippen LogP contribution in [0.1, 0.15) is 37.9 Å². The van der Waals surface area contributed by atoms with E-state index in [-0.39, 0.29) is 29.5 Å². The first-order valence-electron chi connectivity index (χ1n) is 9.31. The molecule has 158 valence electrons. The Labute approximate surface area is 172 Å². The zero-order valence-electron chi connectivity index (χ0n) is 17.4. The van der Waals surface area contributed by atoms with Crippen molar-refractivity contribution in [3.8, 4) is 11.5 Å². The fourth-order valence-corrected chi connectivity index (χ4v) is 4.07. The number of aryl methyl sites for hydroxylation is 1. The lowest BCUT2D eigenvalue weighted by Gasteiger charge is -2.16. The molecule has 0 unspecified atom stereocenters. The summed E-state index contributed by atoms with van der Waals surface area (Å²) >= 11 is 0. The highest BCUT2D eigenvalue weighted by molar-refractivity contribution is 7.89. The Morgan fingerprint density at radius 2 is 1.72 bits per heavy atom. The first kappa shape index (κ1) is 22.7. The van der Waals surface area contributed by atoms with Gasteiger partial charge in [0.05, 0.1) is 18.0 Å². The van der Waals surface area contributed by atoms with Crippen LogP contribution in [0.5, 0.6) is 11.5 Å². The first-order valence-corrected chi connectivity index (χ1v) is 10.8. The molecule has 0 fully saturated rings. The number of hydrogen-bond acceptors (Lipinski definition) is 5. The number of ether oxygens (including phenoxy) is 2. The fourth-order valence-electron chi connectivity index (χ4n) is 2.73. The number of methoxy groups -OCH3 is 1. The Balaban J connectivity index is 1.95. The number of benzene rings is 2. The van der Waals surface area contributed by atoms with E-state index in [1.807, 2.05) is 31.2 Å². The Bertz CT molecular complexity index is 940. The average molecular weight is 421 g/mol. The fraction of sp³-hybridized carbons (Fsp3) is 0.381. The second-order valence-corrected chi connectivity index (χ2v) is 8.77. The summed E-state index contributed by atoms with van der Waals surface area (Å²) in [5.74, 6) is 0.937. The molecular weight excluding hydrogens is 392 g/mol. The maximum Gasteiger partial charge on any atom is 0.258 e. The molecule has 1 atom stereocenters. The van der Waals surface area contributed by atoms with Crippen molar-refractivity contribution in [1.29, 1.82) is 0 Å². The van der Waals surface area contributed by atoms with Gasteiger partial charge in [0.1, 0.15) is 11.5 Å². The lowest BCUT2D eigenvalue weighted by atomic mass is 10.1. The van der Waals surface area contributed by atoms with Crippen LogP contribution >= 0.6 is 0 Å². The number of hydrogen-bond donors (Lipinski definition) is 2. The normalized spacial score (nSPS) is 12.5. The van der Waals surface area contributed by atoms with Gasteiger partial charge in [0.25, 0.3) is 5.91 Å².